The maximum Gasteiger partial charge on any atom is 0.317 e. The molecular weight excluding hydrogens is 278 g/mol. The van der Waals surface area contributed by atoms with E-state index in [0.29, 0.717) is 13.1 Å². The Morgan fingerprint density at radius 1 is 1.27 bits per heavy atom. The summed E-state index contributed by atoms with van der Waals surface area (Å²) >= 11 is 0. The summed E-state index contributed by atoms with van der Waals surface area (Å²) in [6.07, 6.45) is 0. The molecule has 2 amide bonds. The Morgan fingerprint density at radius 3 is 2.59 bits per heavy atom. The molecule has 1 aromatic rings. The first-order valence-electron chi connectivity index (χ1n) is 8.05. The van der Waals surface area contributed by atoms with Crippen LogP contribution in [0.25, 0.3) is 0 Å². The lowest BCUT2D eigenvalue weighted by Crippen LogP contribution is -2.47. The van der Waals surface area contributed by atoms with E-state index in [2.05, 4.69) is 22.3 Å². The molecule has 0 saturated carbocycles. The van der Waals surface area contributed by atoms with Crippen LogP contribution in [0.1, 0.15) is 19.4 Å². The Labute approximate surface area is 133 Å². The van der Waals surface area contributed by atoms with Gasteiger partial charge in [0, 0.05) is 38.8 Å². The highest BCUT2D eigenvalue weighted by Gasteiger charge is 2.17. The van der Waals surface area contributed by atoms with Gasteiger partial charge in [-0.1, -0.05) is 30.3 Å². The molecule has 1 N–H and O–H groups in total. The van der Waals surface area contributed by atoms with Crippen LogP contribution in [0.15, 0.2) is 30.3 Å². The standard InChI is InChI=1S/C17H27N3O2/c1-15(2)20(14-16-6-4-3-5-7-16)17(21)18-8-9-19-10-12-22-13-11-19/h3-7,15H,8-14H2,1-2H3,(H,18,21). The molecule has 1 aliphatic rings. The highest BCUT2D eigenvalue weighted by atomic mass is 16.5. The van der Waals surface area contributed by atoms with Gasteiger partial charge < -0.3 is 15.0 Å². The Bertz CT molecular complexity index is 444. The van der Waals surface area contributed by atoms with Crippen molar-refractivity contribution >= 4 is 6.03 Å². The highest BCUT2D eigenvalue weighted by molar-refractivity contribution is 5.74. The summed E-state index contributed by atoms with van der Waals surface area (Å²) in [4.78, 5) is 16.6. The fourth-order valence-corrected chi connectivity index (χ4v) is 2.52. The molecule has 0 aliphatic carbocycles. The minimum absolute atomic E-state index is 0.00659. The third-order valence-electron chi connectivity index (χ3n) is 3.89. The molecule has 122 valence electrons. The zero-order valence-corrected chi connectivity index (χ0v) is 13.6. The van der Waals surface area contributed by atoms with Crippen LogP contribution in [0.2, 0.25) is 0 Å². The minimum atomic E-state index is 0.00659. The fourth-order valence-electron chi connectivity index (χ4n) is 2.52. The smallest absolute Gasteiger partial charge is 0.317 e. The molecule has 0 atom stereocenters. The Morgan fingerprint density at radius 2 is 1.95 bits per heavy atom. The normalized spacial score (nSPS) is 15.8. The lowest BCUT2D eigenvalue weighted by molar-refractivity contribution is 0.0385. The molecule has 0 aromatic heterocycles. The van der Waals surface area contributed by atoms with Gasteiger partial charge in [-0.2, -0.15) is 0 Å². The summed E-state index contributed by atoms with van der Waals surface area (Å²) in [7, 11) is 0. The van der Waals surface area contributed by atoms with Crippen molar-refractivity contribution in [1.82, 2.24) is 15.1 Å². The van der Waals surface area contributed by atoms with Crippen molar-refractivity contribution in [3.63, 3.8) is 0 Å². The molecule has 5 heteroatoms. The lowest BCUT2D eigenvalue weighted by atomic mass is 10.2. The summed E-state index contributed by atoms with van der Waals surface area (Å²) in [5.74, 6) is 0. The molecule has 0 radical (unpaired) electrons. The van der Waals surface area contributed by atoms with Gasteiger partial charge in [0.2, 0.25) is 0 Å². The number of ether oxygens (including phenoxy) is 1. The van der Waals surface area contributed by atoms with Crippen LogP contribution in [0.4, 0.5) is 4.79 Å². The van der Waals surface area contributed by atoms with Crippen LogP contribution in [0.5, 0.6) is 0 Å². The summed E-state index contributed by atoms with van der Waals surface area (Å²) < 4.78 is 5.33. The third-order valence-corrected chi connectivity index (χ3v) is 3.89. The zero-order chi connectivity index (χ0) is 15.8. The van der Waals surface area contributed by atoms with E-state index in [9.17, 15) is 4.79 Å². The van der Waals surface area contributed by atoms with Crippen molar-refractivity contribution in [2.24, 2.45) is 0 Å². The van der Waals surface area contributed by atoms with Gasteiger partial charge in [-0.05, 0) is 19.4 Å². The predicted octanol–water partition coefficient (Wildman–Crippen LogP) is 1.94. The summed E-state index contributed by atoms with van der Waals surface area (Å²) in [5, 5.41) is 3.04. The van der Waals surface area contributed by atoms with E-state index in [0.717, 1.165) is 38.4 Å². The molecule has 2 rings (SSSR count). The molecule has 1 aliphatic heterocycles. The molecule has 0 spiro atoms. The summed E-state index contributed by atoms with van der Waals surface area (Å²) in [5.41, 5.74) is 1.15. The van der Waals surface area contributed by atoms with E-state index < -0.39 is 0 Å². The number of urea groups is 1. The average Bonchev–Trinajstić information content (AvgIpc) is 2.54. The zero-order valence-electron chi connectivity index (χ0n) is 13.6. The average molecular weight is 305 g/mol. The number of hydrogen-bond donors (Lipinski definition) is 1. The third kappa shape index (κ3) is 5.31. The van der Waals surface area contributed by atoms with Gasteiger partial charge in [0.05, 0.1) is 13.2 Å². The number of carbonyl (C=O) groups is 1. The number of rotatable bonds is 6. The van der Waals surface area contributed by atoms with E-state index >= 15 is 0 Å². The van der Waals surface area contributed by atoms with Crippen LogP contribution >= 0.6 is 0 Å². The molecule has 1 heterocycles. The molecule has 1 aromatic carbocycles. The number of amides is 2. The van der Waals surface area contributed by atoms with Crippen molar-refractivity contribution < 1.29 is 9.53 Å². The molecule has 0 unspecified atom stereocenters. The van der Waals surface area contributed by atoms with Gasteiger partial charge >= 0.3 is 6.03 Å². The van der Waals surface area contributed by atoms with Crippen LogP contribution in [-0.2, 0) is 11.3 Å². The molecule has 1 saturated heterocycles. The van der Waals surface area contributed by atoms with E-state index in [1.54, 1.807) is 0 Å². The predicted molar refractivity (Wildman–Crippen MR) is 87.8 cm³/mol. The monoisotopic (exact) mass is 305 g/mol. The van der Waals surface area contributed by atoms with Crippen LogP contribution in [-0.4, -0.2) is 61.3 Å². The van der Waals surface area contributed by atoms with Gasteiger partial charge in [0.25, 0.3) is 0 Å². The first-order chi connectivity index (χ1) is 10.7. The van der Waals surface area contributed by atoms with E-state index in [-0.39, 0.29) is 12.1 Å². The number of benzene rings is 1. The maximum absolute atomic E-state index is 12.4. The van der Waals surface area contributed by atoms with E-state index in [4.69, 9.17) is 4.74 Å². The van der Waals surface area contributed by atoms with Gasteiger partial charge in [-0.3, -0.25) is 4.90 Å². The van der Waals surface area contributed by atoms with Gasteiger partial charge in [0.1, 0.15) is 0 Å². The number of morpholine rings is 1. The molecular formula is C17H27N3O2. The van der Waals surface area contributed by atoms with Gasteiger partial charge in [0.15, 0.2) is 0 Å². The van der Waals surface area contributed by atoms with Crippen LogP contribution < -0.4 is 5.32 Å². The molecule has 0 bridgehead atoms. The first kappa shape index (κ1) is 16.8. The van der Waals surface area contributed by atoms with Crippen LogP contribution in [0, 0.1) is 0 Å². The largest absolute Gasteiger partial charge is 0.379 e. The Kier molecular flexibility index (Phi) is 6.68. The fraction of sp³-hybridized carbons (Fsp3) is 0.588. The molecule has 22 heavy (non-hydrogen) atoms. The van der Waals surface area contributed by atoms with Gasteiger partial charge in [-0.15, -0.1) is 0 Å². The second-order valence-electron chi connectivity index (χ2n) is 5.89. The number of nitrogens with one attached hydrogen (secondary N) is 1. The lowest BCUT2D eigenvalue weighted by Gasteiger charge is -2.29. The Hall–Kier alpha value is -1.59. The number of hydrogen-bond acceptors (Lipinski definition) is 3. The summed E-state index contributed by atoms with van der Waals surface area (Å²) in [6, 6.07) is 10.3. The summed E-state index contributed by atoms with van der Waals surface area (Å²) in [6.45, 7) is 9.78. The Balaban J connectivity index is 1.79. The number of nitrogens with zero attached hydrogens (tertiary/aromatic N) is 2. The first-order valence-corrected chi connectivity index (χ1v) is 8.05. The second-order valence-corrected chi connectivity index (χ2v) is 5.89. The van der Waals surface area contributed by atoms with E-state index in [1.165, 1.54) is 0 Å². The SMILES string of the molecule is CC(C)N(Cc1ccccc1)C(=O)NCCN1CCOCC1. The van der Waals surface area contributed by atoms with Crippen molar-refractivity contribution in [1.29, 1.82) is 0 Å². The van der Waals surface area contributed by atoms with Gasteiger partial charge in [-0.25, -0.2) is 4.79 Å². The second kappa shape index (κ2) is 8.76. The van der Waals surface area contributed by atoms with Crippen molar-refractivity contribution in [2.45, 2.75) is 26.4 Å². The van der Waals surface area contributed by atoms with E-state index in [1.807, 2.05) is 36.9 Å². The van der Waals surface area contributed by atoms with Crippen molar-refractivity contribution in [2.75, 3.05) is 39.4 Å². The highest BCUT2D eigenvalue weighted by Crippen LogP contribution is 2.08. The number of carbonyl (C=O) groups excluding carboxylic acids is 1. The molecule has 1 fully saturated rings. The molecule has 5 nitrogen and oxygen atoms in total. The topological polar surface area (TPSA) is 44.8 Å². The minimum Gasteiger partial charge on any atom is -0.379 e. The van der Waals surface area contributed by atoms with Crippen molar-refractivity contribution in [3.05, 3.63) is 35.9 Å². The van der Waals surface area contributed by atoms with Crippen LogP contribution in [0.3, 0.4) is 0 Å². The quantitative estimate of drug-likeness (QED) is 0.873. The van der Waals surface area contributed by atoms with Crippen molar-refractivity contribution in [3.8, 4) is 0 Å². The maximum atomic E-state index is 12.4.